The molecule has 0 amide bonds. The van der Waals surface area contributed by atoms with E-state index in [2.05, 4.69) is 46.3 Å². The minimum Gasteiger partial charge on any atom is -0.241 e. The summed E-state index contributed by atoms with van der Waals surface area (Å²) in [5.41, 5.74) is 4.39. The molecule has 4 aromatic rings. The zero-order valence-electron chi connectivity index (χ0n) is 15.5. The molecule has 0 N–H and O–H groups in total. The van der Waals surface area contributed by atoms with Gasteiger partial charge in [0, 0.05) is 24.2 Å². The first-order chi connectivity index (χ1) is 13.2. The maximum atomic E-state index is 4.78. The van der Waals surface area contributed by atoms with Gasteiger partial charge >= 0.3 is 0 Å². The molecule has 3 heterocycles. The van der Waals surface area contributed by atoms with E-state index in [-0.39, 0.29) is 0 Å². The van der Waals surface area contributed by atoms with Gasteiger partial charge in [-0.3, -0.25) is 0 Å². The fraction of sp³-hybridized carbons (Fsp3) is 0.238. The lowest BCUT2D eigenvalue weighted by molar-refractivity contribution is 0.795. The third-order valence-corrected chi connectivity index (χ3v) is 5.63. The lowest BCUT2D eigenvalue weighted by atomic mass is 10.1. The smallest absolute Gasteiger partial charge is 0.241 e. The van der Waals surface area contributed by atoms with E-state index in [1.54, 1.807) is 28.4 Å². The van der Waals surface area contributed by atoms with Gasteiger partial charge in [0.05, 0.1) is 16.3 Å². The van der Waals surface area contributed by atoms with Crippen LogP contribution in [-0.2, 0) is 6.42 Å². The third kappa shape index (κ3) is 3.80. The number of aryl methyl sites for hydroxylation is 2. The molecular formula is C21H21N5S. The summed E-state index contributed by atoms with van der Waals surface area (Å²) in [6, 6.07) is 12.5. The normalized spacial score (nSPS) is 11.0. The molecule has 0 aliphatic carbocycles. The highest BCUT2D eigenvalue weighted by atomic mass is 32.1. The van der Waals surface area contributed by atoms with Crippen molar-refractivity contribution in [2.24, 2.45) is 0 Å². The molecule has 0 aliphatic rings. The first-order valence-corrected chi connectivity index (χ1v) is 9.96. The molecule has 0 saturated heterocycles. The maximum absolute atomic E-state index is 4.78. The lowest BCUT2D eigenvalue weighted by Crippen LogP contribution is -2.01. The topological polar surface area (TPSA) is 56.5 Å². The summed E-state index contributed by atoms with van der Waals surface area (Å²) in [7, 11) is 0. The van der Waals surface area contributed by atoms with Gasteiger partial charge in [0.1, 0.15) is 5.01 Å². The monoisotopic (exact) mass is 375 g/mol. The molecule has 4 rings (SSSR count). The Morgan fingerprint density at radius 3 is 2.63 bits per heavy atom. The molecule has 1 aromatic carbocycles. The second-order valence-electron chi connectivity index (χ2n) is 6.43. The summed E-state index contributed by atoms with van der Waals surface area (Å²) in [6.45, 7) is 4.25. The van der Waals surface area contributed by atoms with Crippen molar-refractivity contribution in [3.8, 4) is 27.1 Å². The molecule has 0 spiro atoms. The van der Waals surface area contributed by atoms with Crippen molar-refractivity contribution in [2.45, 2.75) is 33.1 Å². The summed E-state index contributed by atoms with van der Waals surface area (Å²) in [6.07, 6.45) is 8.90. The number of aromatic nitrogens is 5. The van der Waals surface area contributed by atoms with Gasteiger partial charge in [0.25, 0.3) is 5.95 Å². The molecule has 0 fully saturated rings. The molecule has 0 unspecified atom stereocenters. The number of nitrogens with zero attached hydrogens (tertiary/aromatic N) is 5. The van der Waals surface area contributed by atoms with Crippen LogP contribution in [0.25, 0.3) is 27.1 Å². The Morgan fingerprint density at radius 2 is 1.89 bits per heavy atom. The van der Waals surface area contributed by atoms with Crippen LogP contribution in [0, 0.1) is 6.92 Å². The van der Waals surface area contributed by atoms with Gasteiger partial charge in [0.15, 0.2) is 0 Å². The second-order valence-corrected chi connectivity index (χ2v) is 7.43. The van der Waals surface area contributed by atoms with Crippen LogP contribution in [-0.4, -0.2) is 24.7 Å². The number of benzene rings is 1. The first kappa shape index (κ1) is 17.5. The van der Waals surface area contributed by atoms with E-state index in [0.717, 1.165) is 33.3 Å². The van der Waals surface area contributed by atoms with Crippen molar-refractivity contribution >= 4 is 11.3 Å². The van der Waals surface area contributed by atoms with E-state index in [1.165, 1.54) is 18.4 Å². The zero-order chi connectivity index (χ0) is 18.6. The molecule has 0 radical (unpaired) electrons. The van der Waals surface area contributed by atoms with Crippen molar-refractivity contribution in [1.82, 2.24) is 24.7 Å². The van der Waals surface area contributed by atoms with Gasteiger partial charge in [0.2, 0.25) is 0 Å². The van der Waals surface area contributed by atoms with Crippen molar-refractivity contribution in [3.05, 3.63) is 66.2 Å². The van der Waals surface area contributed by atoms with E-state index in [1.807, 2.05) is 25.3 Å². The van der Waals surface area contributed by atoms with Gasteiger partial charge in [-0.25, -0.2) is 19.6 Å². The largest absolute Gasteiger partial charge is 0.251 e. The predicted molar refractivity (Wildman–Crippen MR) is 109 cm³/mol. The summed E-state index contributed by atoms with van der Waals surface area (Å²) >= 11 is 1.66. The maximum Gasteiger partial charge on any atom is 0.251 e. The molecule has 27 heavy (non-hydrogen) atoms. The van der Waals surface area contributed by atoms with E-state index < -0.39 is 0 Å². The predicted octanol–water partition coefficient (Wildman–Crippen LogP) is 5.10. The number of hydrogen-bond acceptors (Lipinski definition) is 5. The fourth-order valence-electron chi connectivity index (χ4n) is 2.92. The second kappa shape index (κ2) is 7.80. The van der Waals surface area contributed by atoms with E-state index in [9.17, 15) is 0 Å². The van der Waals surface area contributed by atoms with E-state index in [0.29, 0.717) is 5.95 Å². The van der Waals surface area contributed by atoms with Crippen LogP contribution in [0.2, 0.25) is 0 Å². The minimum absolute atomic E-state index is 0.562. The molecular weight excluding hydrogens is 354 g/mol. The van der Waals surface area contributed by atoms with Crippen LogP contribution >= 0.6 is 11.3 Å². The zero-order valence-corrected chi connectivity index (χ0v) is 16.3. The van der Waals surface area contributed by atoms with Crippen molar-refractivity contribution < 1.29 is 0 Å². The van der Waals surface area contributed by atoms with Gasteiger partial charge < -0.3 is 0 Å². The van der Waals surface area contributed by atoms with Crippen LogP contribution in [0.15, 0.2) is 55.0 Å². The summed E-state index contributed by atoms with van der Waals surface area (Å²) in [5, 5.41) is 5.22. The summed E-state index contributed by atoms with van der Waals surface area (Å²) in [4.78, 5) is 14.8. The Hall–Kier alpha value is -2.86. The van der Waals surface area contributed by atoms with Crippen LogP contribution in [0.1, 0.15) is 31.0 Å². The summed E-state index contributed by atoms with van der Waals surface area (Å²) in [5.74, 6) is 0.562. The molecule has 0 aliphatic heterocycles. The summed E-state index contributed by atoms with van der Waals surface area (Å²) < 4.78 is 1.66. The average molecular weight is 376 g/mol. The Bertz CT molecular complexity index is 1020. The van der Waals surface area contributed by atoms with Crippen LogP contribution < -0.4 is 0 Å². The Balaban J connectivity index is 1.63. The number of thiazole rings is 1. The number of hydrogen-bond donors (Lipinski definition) is 0. The van der Waals surface area contributed by atoms with Gasteiger partial charge in [-0.05, 0) is 37.5 Å². The highest BCUT2D eigenvalue weighted by Gasteiger charge is 2.14. The average Bonchev–Trinajstić information content (AvgIpc) is 3.37. The quantitative estimate of drug-likeness (QED) is 0.470. The standard InChI is InChI=1S/C21H21N5S/c1-3-4-6-16-7-9-17(10-8-16)20-24-15(2)19(27-20)18-11-13-22-21(25-18)26-14-5-12-23-26/h5,7-14H,3-4,6H2,1-2H3. The van der Waals surface area contributed by atoms with Gasteiger partial charge in [-0.15, -0.1) is 11.3 Å². The Labute approximate surface area is 162 Å². The molecule has 136 valence electrons. The number of unbranched alkanes of at least 4 members (excludes halogenated alkanes) is 1. The van der Waals surface area contributed by atoms with Crippen molar-refractivity contribution in [3.63, 3.8) is 0 Å². The molecule has 0 saturated carbocycles. The Kier molecular flexibility index (Phi) is 5.07. The third-order valence-electron chi connectivity index (χ3n) is 4.40. The minimum atomic E-state index is 0.562. The highest BCUT2D eigenvalue weighted by molar-refractivity contribution is 7.18. The van der Waals surface area contributed by atoms with Gasteiger partial charge in [-0.1, -0.05) is 37.6 Å². The number of rotatable bonds is 6. The molecule has 0 atom stereocenters. The van der Waals surface area contributed by atoms with Crippen LogP contribution in [0.4, 0.5) is 0 Å². The Morgan fingerprint density at radius 1 is 1.04 bits per heavy atom. The van der Waals surface area contributed by atoms with E-state index >= 15 is 0 Å². The first-order valence-electron chi connectivity index (χ1n) is 9.15. The molecule has 6 heteroatoms. The molecule has 0 bridgehead atoms. The fourth-order valence-corrected chi connectivity index (χ4v) is 3.97. The lowest BCUT2D eigenvalue weighted by Gasteiger charge is -2.02. The van der Waals surface area contributed by atoms with Crippen molar-refractivity contribution in [2.75, 3.05) is 0 Å². The van der Waals surface area contributed by atoms with Gasteiger partial charge in [-0.2, -0.15) is 5.10 Å². The molecule has 5 nitrogen and oxygen atoms in total. The van der Waals surface area contributed by atoms with Crippen molar-refractivity contribution in [1.29, 1.82) is 0 Å². The van der Waals surface area contributed by atoms with E-state index in [4.69, 9.17) is 4.98 Å². The van der Waals surface area contributed by atoms with Crippen LogP contribution in [0.5, 0.6) is 0 Å². The molecule has 3 aromatic heterocycles. The SMILES string of the molecule is CCCCc1ccc(-c2nc(C)c(-c3ccnc(-n4cccn4)n3)s2)cc1. The van der Waals surface area contributed by atoms with Crippen LogP contribution in [0.3, 0.4) is 0 Å². The highest BCUT2D eigenvalue weighted by Crippen LogP contribution is 2.34.